The molecule has 1 aliphatic heterocycles. The molecule has 1 aromatic heterocycles. The largest absolute Gasteiger partial charge is 0.422 e. The van der Waals surface area contributed by atoms with Crippen molar-refractivity contribution in [2.45, 2.75) is 12.8 Å². The predicted octanol–water partition coefficient (Wildman–Crippen LogP) is 2.63. The first-order valence-electron chi connectivity index (χ1n) is 5.74. The van der Waals surface area contributed by atoms with E-state index in [2.05, 4.69) is 21.4 Å². The highest BCUT2D eigenvalue weighted by Gasteiger charge is 2.14. The number of fused-ring (bicyclic) bond motifs is 1. The fraction of sp³-hybridized carbons (Fsp3) is 0.231. The van der Waals surface area contributed by atoms with Crippen molar-refractivity contribution in [1.29, 1.82) is 0 Å². The van der Waals surface area contributed by atoms with Crippen LogP contribution < -0.4 is 10.1 Å². The van der Waals surface area contributed by atoms with Gasteiger partial charge in [-0.2, -0.15) is 0 Å². The molecule has 0 radical (unpaired) electrons. The number of ether oxygens (including phenoxy) is 1. The summed E-state index contributed by atoms with van der Waals surface area (Å²) in [6.45, 7) is 0.989. The van der Waals surface area contributed by atoms with E-state index >= 15 is 0 Å². The minimum atomic E-state index is 0.383. The lowest BCUT2D eigenvalue weighted by atomic mass is 10.0. The first-order chi connectivity index (χ1) is 8.43. The number of hydrogen-bond donors (Lipinski definition) is 1. The molecule has 1 N–H and O–H groups in total. The lowest BCUT2D eigenvalue weighted by Gasteiger charge is -2.20. The van der Waals surface area contributed by atoms with Crippen molar-refractivity contribution < 1.29 is 4.74 Å². The highest BCUT2D eigenvalue weighted by molar-refractivity contribution is 5.63. The van der Waals surface area contributed by atoms with Gasteiger partial charge in [0.1, 0.15) is 0 Å². The summed E-state index contributed by atoms with van der Waals surface area (Å²) in [7, 11) is 0. The van der Waals surface area contributed by atoms with Gasteiger partial charge in [-0.3, -0.25) is 0 Å². The number of anilines is 1. The van der Waals surface area contributed by atoms with E-state index in [-0.39, 0.29) is 0 Å². The first kappa shape index (κ1) is 10.1. The van der Waals surface area contributed by atoms with Gasteiger partial charge in [0.15, 0.2) is 5.75 Å². The number of para-hydroxylation sites is 1. The zero-order valence-electron chi connectivity index (χ0n) is 9.39. The maximum atomic E-state index is 5.69. The van der Waals surface area contributed by atoms with Crippen molar-refractivity contribution in [2.24, 2.45) is 0 Å². The van der Waals surface area contributed by atoms with Gasteiger partial charge in [0.25, 0.3) is 0 Å². The molecule has 86 valence electrons. The van der Waals surface area contributed by atoms with E-state index in [9.17, 15) is 0 Å². The van der Waals surface area contributed by atoms with Crippen LogP contribution in [0, 0.1) is 0 Å². The summed E-state index contributed by atoms with van der Waals surface area (Å²) in [6, 6.07) is 8.22. The van der Waals surface area contributed by atoms with Gasteiger partial charge in [-0.1, -0.05) is 12.1 Å². The molecule has 0 aliphatic carbocycles. The van der Waals surface area contributed by atoms with Crippen LogP contribution in [0.4, 0.5) is 5.69 Å². The zero-order valence-corrected chi connectivity index (χ0v) is 9.39. The second-order valence-electron chi connectivity index (χ2n) is 3.95. The van der Waals surface area contributed by atoms with Gasteiger partial charge < -0.3 is 10.1 Å². The number of aryl methyl sites for hydroxylation is 1. The van der Waals surface area contributed by atoms with E-state index in [1.807, 2.05) is 12.1 Å². The molecule has 0 saturated heterocycles. The van der Waals surface area contributed by atoms with Crippen molar-refractivity contribution in [3.63, 3.8) is 0 Å². The smallest absolute Gasteiger partial charge is 0.321 e. The predicted molar refractivity (Wildman–Crippen MR) is 65.4 cm³/mol. The summed E-state index contributed by atoms with van der Waals surface area (Å²) in [5.41, 5.74) is 2.37. The molecule has 0 amide bonds. The van der Waals surface area contributed by atoms with Crippen molar-refractivity contribution in [2.75, 3.05) is 11.9 Å². The molecule has 0 saturated carbocycles. The first-order valence-corrected chi connectivity index (χ1v) is 5.74. The molecule has 1 aliphatic rings. The number of aromatic nitrogens is 2. The molecule has 0 fully saturated rings. The molecule has 0 unspecified atom stereocenters. The third kappa shape index (κ3) is 2.06. The molecule has 2 heterocycles. The van der Waals surface area contributed by atoms with Gasteiger partial charge in [0.2, 0.25) is 0 Å². The van der Waals surface area contributed by atoms with Gasteiger partial charge in [0, 0.05) is 18.9 Å². The lowest BCUT2D eigenvalue weighted by molar-refractivity contribution is 0.442. The Hall–Kier alpha value is -2.10. The van der Waals surface area contributed by atoms with Crippen LogP contribution in [0.15, 0.2) is 36.7 Å². The molecule has 0 spiro atoms. The molecule has 1 aromatic carbocycles. The minimum Gasteiger partial charge on any atom is -0.422 e. The molecule has 0 bridgehead atoms. The molecular weight excluding hydrogens is 214 g/mol. The third-order valence-electron chi connectivity index (χ3n) is 2.78. The van der Waals surface area contributed by atoms with E-state index in [4.69, 9.17) is 4.74 Å². The van der Waals surface area contributed by atoms with Crippen molar-refractivity contribution in [3.05, 3.63) is 42.2 Å². The second kappa shape index (κ2) is 4.41. The monoisotopic (exact) mass is 227 g/mol. The fourth-order valence-corrected chi connectivity index (χ4v) is 2.00. The minimum absolute atomic E-state index is 0.383. The maximum absolute atomic E-state index is 5.69. The molecule has 0 atom stereocenters. The van der Waals surface area contributed by atoms with Gasteiger partial charge in [-0.05, 0) is 30.5 Å². The Morgan fingerprint density at radius 1 is 1.12 bits per heavy atom. The van der Waals surface area contributed by atoms with Crippen molar-refractivity contribution in [1.82, 2.24) is 9.97 Å². The zero-order chi connectivity index (χ0) is 11.5. The summed E-state index contributed by atoms with van der Waals surface area (Å²) in [5, 5.41) is 3.37. The second-order valence-corrected chi connectivity index (χ2v) is 3.95. The SMILES string of the molecule is c1cnc(Oc2cccc3c2NCCC3)nc1. The maximum Gasteiger partial charge on any atom is 0.321 e. The van der Waals surface area contributed by atoms with Crippen LogP contribution in [0.1, 0.15) is 12.0 Å². The van der Waals surface area contributed by atoms with Crippen LogP contribution >= 0.6 is 0 Å². The van der Waals surface area contributed by atoms with E-state index in [0.29, 0.717) is 6.01 Å². The number of rotatable bonds is 2. The average molecular weight is 227 g/mol. The molecule has 4 nitrogen and oxygen atoms in total. The third-order valence-corrected chi connectivity index (χ3v) is 2.78. The van der Waals surface area contributed by atoms with Gasteiger partial charge in [-0.15, -0.1) is 0 Å². The topological polar surface area (TPSA) is 47.0 Å². The Balaban J connectivity index is 1.93. The highest BCUT2D eigenvalue weighted by atomic mass is 16.5. The van der Waals surface area contributed by atoms with E-state index in [1.54, 1.807) is 18.5 Å². The Bertz CT molecular complexity index is 513. The van der Waals surface area contributed by atoms with Crippen LogP contribution in [0.3, 0.4) is 0 Å². The Kier molecular flexibility index (Phi) is 2.62. The van der Waals surface area contributed by atoms with Crippen LogP contribution in [-0.4, -0.2) is 16.5 Å². The van der Waals surface area contributed by atoms with Crippen molar-refractivity contribution in [3.8, 4) is 11.8 Å². The summed E-state index contributed by atoms with van der Waals surface area (Å²) < 4.78 is 5.69. The molecule has 4 heteroatoms. The highest BCUT2D eigenvalue weighted by Crippen LogP contribution is 2.33. The summed E-state index contributed by atoms with van der Waals surface area (Å²) in [4.78, 5) is 8.12. The van der Waals surface area contributed by atoms with Crippen molar-refractivity contribution >= 4 is 5.69 Å². The quantitative estimate of drug-likeness (QED) is 0.856. The van der Waals surface area contributed by atoms with Crippen LogP contribution in [-0.2, 0) is 6.42 Å². The van der Waals surface area contributed by atoms with Gasteiger partial charge >= 0.3 is 6.01 Å². The number of nitrogens with one attached hydrogen (secondary N) is 1. The Morgan fingerprint density at radius 2 is 2.00 bits per heavy atom. The van der Waals surface area contributed by atoms with E-state index < -0.39 is 0 Å². The fourth-order valence-electron chi connectivity index (χ4n) is 2.00. The Labute approximate surface area is 99.7 Å². The average Bonchev–Trinajstić information content (AvgIpc) is 2.40. The van der Waals surface area contributed by atoms with Gasteiger partial charge in [0.05, 0.1) is 5.69 Å². The van der Waals surface area contributed by atoms with Crippen LogP contribution in [0.25, 0.3) is 0 Å². The van der Waals surface area contributed by atoms with E-state index in [0.717, 1.165) is 30.8 Å². The Morgan fingerprint density at radius 3 is 2.88 bits per heavy atom. The van der Waals surface area contributed by atoms with E-state index in [1.165, 1.54) is 5.56 Å². The summed E-state index contributed by atoms with van der Waals surface area (Å²) in [5.74, 6) is 0.799. The normalized spacial score (nSPS) is 13.6. The molecule has 3 rings (SSSR count). The number of hydrogen-bond acceptors (Lipinski definition) is 4. The summed E-state index contributed by atoms with van der Waals surface area (Å²) in [6.07, 6.45) is 5.60. The summed E-state index contributed by atoms with van der Waals surface area (Å²) >= 11 is 0. The van der Waals surface area contributed by atoms with Crippen LogP contribution in [0.2, 0.25) is 0 Å². The lowest BCUT2D eigenvalue weighted by Crippen LogP contribution is -2.12. The number of benzene rings is 1. The van der Waals surface area contributed by atoms with Gasteiger partial charge in [-0.25, -0.2) is 9.97 Å². The number of nitrogens with zero attached hydrogens (tertiary/aromatic N) is 2. The molecule has 17 heavy (non-hydrogen) atoms. The molecular formula is C13H13N3O. The van der Waals surface area contributed by atoms with Crippen LogP contribution in [0.5, 0.6) is 11.8 Å². The standard InChI is InChI=1S/C13H13N3O/c1-4-10-5-2-7-14-12(10)11(6-1)17-13-15-8-3-9-16-13/h1,3-4,6,8-9,14H,2,5,7H2. The molecule has 2 aromatic rings.